The lowest BCUT2D eigenvalue weighted by Gasteiger charge is -2.14. The van der Waals surface area contributed by atoms with E-state index < -0.39 is 0 Å². The van der Waals surface area contributed by atoms with Crippen molar-refractivity contribution < 1.29 is 4.79 Å². The molecule has 1 N–H and O–H groups in total. The summed E-state index contributed by atoms with van der Waals surface area (Å²) in [6, 6.07) is 12.9. The predicted molar refractivity (Wildman–Crippen MR) is 127 cm³/mol. The van der Waals surface area contributed by atoms with Gasteiger partial charge in [0.05, 0.1) is 17.9 Å². The molecule has 0 aliphatic carbocycles. The van der Waals surface area contributed by atoms with E-state index in [0.29, 0.717) is 32.7 Å². The van der Waals surface area contributed by atoms with Gasteiger partial charge in [-0.15, -0.1) is 0 Å². The Kier molecular flexibility index (Phi) is 5.27. The SMILES string of the molecule is Cc1ccc(Cl)cc1NC(=O)CC1CSc2nc3c(cnn3-c3ccccc3C)c(=O)n21. The first-order chi connectivity index (χ1) is 15.4. The number of fused-ring (bicyclic) bond motifs is 2. The molecule has 5 rings (SSSR count). The molecule has 1 unspecified atom stereocenters. The summed E-state index contributed by atoms with van der Waals surface area (Å²) in [5.74, 6) is 0.436. The largest absolute Gasteiger partial charge is 0.326 e. The molecule has 0 spiro atoms. The molecule has 4 aromatic rings. The first kappa shape index (κ1) is 20.8. The number of carbonyl (C=O) groups excluding carboxylic acids is 1. The van der Waals surface area contributed by atoms with E-state index in [0.717, 1.165) is 16.8 Å². The zero-order valence-electron chi connectivity index (χ0n) is 17.5. The maximum atomic E-state index is 13.3. The van der Waals surface area contributed by atoms with Gasteiger partial charge in [0.15, 0.2) is 10.8 Å². The minimum Gasteiger partial charge on any atom is -0.326 e. The molecule has 0 radical (unpaired) electrons. The first-order valence-electron chi connectivity index (χ1n) is 10.2. The van der Waals surface area contributed by atoms with Gasteiger partial charge in [-0.2, -0.15) is 5.10 Å². The summed E-state index contributed by atoms with van der Waals surface area (Å²) in [6.07, 6.45) is 1.73. The topological polar surface area (TPSA) is 81.8 Å². The van der Waals surface area contributed by atoms with E-state index in [1.807, 2.05) is 44.2 Å². The molecule has 1 amide bonds. The van der Waals surface area contributed by atoms with Crippen molar-refractivity contribution >= 4 is 46.0 Å². The summed E-state index contributed by atoms with van der Waals surface area (Å²) < 4.78 is 3.33. The maximum absolute atomic E-state index is 13.3. The Morgan fingerprint density at radius 2 is 2.03 bits per heavy atom. The zero-order chi connectivity index (χ0) is 22.4. The van der Waals surface area contributed by atoms with Gasteiger partial charge in [-0.1, -0.05) is 47.6 Å². The van der Waals surface area contributed by atoms with Crippen molar-refractivity contribution in [3.63, 3.8) is 0 Å². The highest BCUT2D eigenvalue weighted by Gasteiger charge is 2.29. The zero-order valence-corrected chi connectivity index (χ0v) is 19.1. The minimum atomic E-state index is -0.277. The number of anilines is 1. The lowest BCUT2D eigenvalue weighted by molar-refractivity contribution is -0.116. The highest BCUT2D eigenvalue weighted by Crippen LogP contribution is 2.34. The molecular weight excluding hydrogens is 446 g/mol. The number of aryl methyl sites for hydroxylation is 2. The van der Waals surface area contributed by atoms with Gasteiger partial charge in [-0.3, -0.25) is 14.2 Å². The number of amides is 1. The highest BCUT2D eigenvalue weighted by molar-refractivity contribution is 7.99. The third-order valence-electron chi connectivity index (χ3n) is 5.61. The molecule has 7 nitrogen and oxygen atoms in total. The van der Waals surface area contributed by atoms with Crippen LogP contribution in [0.25, 0.3) is 16.7 Å². The summed E-state index contributed by atoms with van der Waals surface area (Å²) in [5, 5.41) is 8.94. The molecule has 0 bridgehead atoms. The maximum Gasteiger partial charge on any atom is 0.265 e. The van der Waals surface area contributed by atoms with E-state index in [1.54, 1.807) is 27.6 Å². The number of carbonyl (C=O) groups is 1. The monoisotopic (exact) mass is 465 g/mol. The van der Waals surface area contributed by atoms with Gasteiger partial charge in [0.1, 0.15) is 5.39 Å². The van der Waals surface area contributed by atoms with Crippen LogP contribution in [0.15, 0.2) is 58.6 Å². The van der Waals surface area contributed by atoms with Crippen molar-refractivity contribution in [3.05, 3.63) is 75.2 Å². The smallest absolute Gasteiger partial charge is 0.265 e. The van der Waals surface area contributed by atoms with Crippen molar-refractivity contribution in [3.8, 4) is 5.69 Å². The van der Waals surface area contributed by atoms with Crippen LogP contribution in [0.4, 0.5) is 5.69 Å². The standard InChI is InChI=1S/C23H20ClN5O2S/c1-13-7-8-15(24)9-18(13)26-20(30)10-16-12-32-23-27-21-17(22(31)28(16)23)11-25-29(21)19-6-4-3-5-14(19)2/h3-9,11,16H,10,12H2,1-2H3,(H,26,30). The van der Waals surface area contributed by atoms with Crippen LogP contribution >= 0.6 is 23.4 Å². The quantitative estimate of drug-likeness (QED) is 0.448. The number of hydrogen-bond donors (Lipinski definition) is 1. The Morgan fingerprint density at radius 1 is 1.22 bits per heavy atom. The van der Waals surface area contributed by atoms with Gasteiger partial charge in [0.25, 0.3) is 5.56 Å². The van der Waals surface area contributed by atoms with Crippen LogP contribution in [-0.4, -0.2) is 31.0 Å². The number of halogens is 1. The van der Waals surface area contributed by atoms with Gasteiger partial charge in [-0.05, 0) is 43.2 Å². The third-order valence-corrected chi connectivity index (χ3v) is 6.94. The summed E-state index contributed by atoms with van der Waals surface area (Å²) >= 11 is 7.53. The van der Waals surface area contributed by atoms with Crippen molar-refractivity contribution in [2.24, 2.45) is 0 Å². The second kappa shape index (κ2) is 8.11. The lowest BCUT2D eigenvalue weighted by Crippen LogP contribution is -2.27. The van der Waals surface area contributed by atoms with Crippen LogP contribution in [-0.2, 0) is 4.79 Å². The summed E-state index contributed by atoms with van der Waals surface area (Å²) in [6.45, 7) is 3.90. The molecule has 9 heteroatoms. The number of aromatic nitrogens is 4. The van der Waals surface area contributed by atoms with Gasteiger partial charge in [0.2, 0.25) is 5.91 Å². The molecule has 32 heavy (non-hydrogen) atoms. The number of rotatable bonds is 4. The molecule has 0 fully saturated rings. The minimum absolute atomic E-state index is 0.170. The number of benzene rings is 2. The number of hydrogen-bond acceptors (Lipinski definition) is 5. The van der Waals surface area contributed by atoms with E-state index in [1.165, 1.54) is 11.8 Å². The normalized spacial score (nSPS) is 15.2. The van der Waals surface area contributed by atoms with E-state index in [2.05, 4.69) is 10.4 Å². The fraction of sp³-hybridized carbons (Fsp3) is 0.217. The molecular formula is C23H20ClN5O2S. The van der Waals surface area contributed by atoms with E-state index in [-0.39, 0.29) is 23.9 Å². The Labute approximate surface area is 193 Å². The Hall–Kier alpha value is -3.10. The molecule has 1 aliphatic rings. The number of nitrogens with one attached hydrogen (secondary N) is 1. The lowest BCUT2D eigenvalue weighted by atomic mass is 10.1. The fourth-order valence-electron chi connectivity index (χ4n) is 3.90. The van der Waals surface area contributed by atoms with Crippen LogP contribution in [0.1, 0.15) is 23.6 Å². The van der Waals surface area contributed by atoms with Crippen LogP contribution in [0.5, 0.6) is 0 Å². The van der Waals surface area contributed by atoms with E-state index >= 15 is 0 Å². The molecule has 0 saturated carbocycles. The van der Waals surface area contributed by atoms with Gasteiger partial charge in [0, 0.05) is 22.9 Å². The summed E-state index contributed by atoms with van der Waals surface area (Å²) in [5.41, 5.74) is 3.88. The Balaban J connectivity index is 1.46. The molecule has 3 heterocycles. The molecule has 162 valence electrons. The number of nitrogens with zero attached hydrogens (tertiary/aromatic N) is 4. The summed E-state index contributed by atoms with van der Waals surface area (Å²) in [7, 11) is 0. The Morgan fingerprint density at radius 3 is 2.84 bits per heavy atom. The van der Waals surface area contributed by atoms with E-state index in [9.17, 15) is 9.59 Å². The number of para-hydroxylation sites is 1. The van der Waals surface area contributed by atoms with Gasteiger partial charge >= 0.3 is 0 Å². The molecule has 1 aliphatic heterocycles. The second-order valence-corrected chi connectivity index (χ2v) is 9.25. The third kappa shape index (κ3) is 3.59. The average molecular weight is 466 g/mol. The van der Waals surface area contributed by atoms with Crippen LogP contribution in [0.2, 0.25) is 5.02 Å². The first-order valence-corrected chi connectivity index (χ1v) is 11.5. The fourth-order valence-corrected chi connectivity index (χ4v) is 5.20. The van der Waals surface area contributed by atoms with Gasteiger partial charge < -0.3 is 5.32 Å². The van der Waals surface area contributed by atoms with Crippen LogP contribution in [0.3, 0.4) is 0 Å². The van der Waals surface area contributed by atoms with Crippen LogP contribution < -0.4 is 10.9 Å². The van der Waals surface area contributed by atoms with Crippen molar-refractivity contribution in [1.29, 1.82) is 0 Å². The molecule has 1 atom stereocenters. The second-order valence-electron chi connectivity index (χ2n) is 7.83. The average Bonchev–Trinajstić information content (AvgIpc) is 3.36. The summed E-state index contributed by atoms with van der Waals surface area (Å²) in [4.78, 5) is 30.8. The van der Waals surface area contributed by atoms with Crippen molar-refractivity contribution in [2.45, 2.75) is 31.5 Å². The van der Waals surface area contributed by atoms with Crippen LogP contribution in [0, 0.1) is 13.8 Å². The van der Waals surface area contributed by atoms with Crippen molar-refractivity contribution in [2.75, 3.05) is 11.1 Å². The van der Waals surface area contributed by atoms with Gasteiger partial charge in [-0.25, -0.2) is 9.67 Å². The van der Waals surface area contributed by atoms with Crippen molar-refractivity contribution in [1.82, 2.24) is 19.3 Å². The molecule has 2 aromatic heterocycles. The predicted octanol–water partition coefficient (Wildman–Crippen LogP) is 4.53. The molecule has 0 saturated heterocycles. The molecule has 2 aromatic carbocycles. The highest BCUT2D eigenvalue weighted by atomic mass is 35.5. The Bertz CT molecular complexity index is 1430. The van der Waals surface area contributed by atoms with E-state index in [4.69, 9.17) is 16.6 Å². The number of thioether (sulfide) groups is 1.